The monoisotopic (exact) mass is 481 g/mol. The van der Waals surface area contributed by atoms with Crippen molar-refractivity contribution in [3.05, 3.63) is 82.8 Å². The predicted octanol–water partition coefficient (Wildman–Crippen LogP) is 6.22. The number of nitrogens with one attached hydrogen (secondary N) is 1. The smallest absolute Gasteiger partial charge is 0.256 e. The molecule has 0 aliphatic heterocycles. The molecule has 0 aliphatic rings. The molecule has 6 nitrogen and oxygen atoms in total. The topological polar surface area (TPSA) is 65.8 Å². The van der Waals surface area contributed by atoms with E-state index in [0.29, 0.717) is 35.0 Å². The summed E-state index contributed by atoms with van der Waals surface area (Å²) in [4.78, 5) is 29.7. The number of halogens is 1. The highest BCUT2D eigenvalue weighted by Crippen LogP contribution is 2.28. The quantitative estimate of drug-likeness (QED) is 0.415. The first-order chi connectivity index (χ1) is 16.0. The molecule has 2 amide bonds. The first-order valence-electron chi connectivity index (χ1n) is 11.2. The average Bonchev–Trinajstić information content (AvgIpc) is 3.25. The van der Waals surface area contributed by atoms with Gasteiger partial charge in [-0.05, 0) is 53.4 Å². The molecule has 180 valence electrons. The van der Waals surface area contributed by atoms with E-state index in [2.05, 4.69) is 5.32 Å². The van der Waals surface area contributed by atoms with Crippen molar-refractivity contribution < 1.29 is 14.0 Å². The van der Waals surface area contributed by atoms with Crippen LogP contribution in [0.15, 0.2) is 65.3 Å². The second-order valence-corrected chi connectivity index (χ2v) is 10.2. The zero-order valence-electron chi connectivity index (χ0n) is 20.4. The molecule has 2 aromatic carbocycles. The number of anilines is 2. The van der Waals surface area contributed by atoms with E-state index >= 15 is 0 Å². The van der Waals surface area contributed by atoms with Gasteiger partial charge in [-0.25, -0.2) is 0 Å². The summed E-state index contributed by atoms with van der Waals surface area (Å²) < 4.78 is 5.52. The second kappa shape index (κ2) is 10.8. The number of furan rings is 1. The Morgan fingerprint density at radius 2 is 1.74 bits per heavy atom. The fraction of sp³-hybridized carbons (Fsp3) is 0.333. The lowest BCUT2D eigenvalue weighted by Gasteiger charge is -2.26. The standard InChI is InChI=1S/C27H32ClN3O3/c1-27(2,3)16-25(32)29-20-12-13-24(30(4)5)19(15-20)17-31(18-21-9-8-14-34-21)26(33)22-10-6-7-11-23(22)28/h6-15H,16-18H2,1-5H3,(H,29,32). The van der Waals surface area contributed by atoms with Gasteiger partial charge in [0.2, 0.25) is 5.91 Å². The van der Waals surface area contributed by atoms with Gasteiger partial charge in [0.25, 0.3) is 5.91 Å². The van der Waals surface area contributed by atoms with Gasteiger partial charge in [0.1, 0.15) is 5.76 Å². The third-order valence-corrected chi connectivity index (χ3v) is 5.55. The molecule has 0 bridgehead atoms. The van der Waals surface area contributed by atoms with Crippen LogP contribution in [0.3, 0.4) is 0 Å². The molecule has 0 spiro atoms. The first-order valence-corrected chi connectivity index (χ1v) is 11.6. The number of carbonyl (C=O) groups excluding carboxylic acids is 2. The van der Waals surface area contributed by atoms with E-state index in [1.807, 2.05) is 64.0 Å². The molecule has 3 rings (SSSR count). The molecule has 0 atom stereocenters. The molecule has 34 heavy (non-hydrogen) atoms. The van der Waals surface area contributed by atoms with Crippen molar-refractivity contribution in [3.63, 3.8) is 0 Å². The molecule has 1 heterocycles. The summed E-state index contributed by atoms with van der Waals surface area (Å²) in [5.41, 5.74) is 2.85. The zero-order chi connectivity index (χ0) is 24.9. The SMILES string of the molecule is CN(C)c1ccc(NC(=O)CC(C)(C)C)cc1CN(Cc1ccco1)C(=O)c1ccccc1Cl. The lowest BCUT2D eigenvalue weighted by atomic mass is 9.92. The molecule has 7 heteroatoms. The average molecular weight is 482 g/mol. The Hall–Kier alpha value is -3.25. The zero-order valence-corrected chi connectivity index (χ0v) is 21.1. The largest absolute Gasteiger partial charge is 0.467 e. The molecule has 0 saturated heterocycles. The number of nitrogens with zero attached hydrogens (tertiary/aromatic N) is 2. The maximum Gasteiger partial charge on any atom is 0.256 e. The predicted molar refractivity (Wildman–Crippen MR) is 137 cm³/mol. The number of carbonyl (C=O) groups is 2. The first kappa shape index (κ1) is 25.4. The van der Waals surface area contributed by atoms with Crippen molar-refractivity contribution in [2.24, 2.45) is 5.41 Å². The Labute approximate surface area is 206 Å². The summed E-state index contributed by atoms with van der Waals surface area (Å²) in [5, 5.41) is 3.39. The van der Waals surface area contributed by atoms with Crippen molar-refractivity contribution in [2.45, 2.75) is 40.3 Å². The van der Waals surface area contributed by atoms with E-state index in [-0.39, 0.29) is 23.8 Å². The van der Waals surface area contributed by atoms with Gasteiger partial charge in [0.05, 0.1) is 23.4 Å². The fourth-order valence-corrected chi connectivity index (χ4v) is 3.93. The van der Waals surface area contributed by atoms with Gasteiger partial charge in [-0.1, -0.05) is 44.5 Å². The maximum atomic E-state index is 13.5. The summed E-state index contributed by atoms with van der Waals surface area (Å²) in [7, 11) is 3.90. The highest BCUT2D eigenvalue weighted by molar-refractivity contribution is 6.33. The Morgan fingerprint density at radius 3 is 2.35 bits per heavy atom. The minimum Gasteiger partial charge on any atom is -0.467 e. The summed E-state index contributed by atoms with van der Waals surface area (Å²) in [6.45, 7) is 6.67. The van der Waals surface area contributed by atoms with Crippen LogP contribution < -0.4 is 10.2 Å². The van der Waals surface area contributed by atoms with Crippen LogP contribution in [0.1, 0.15) is 48.9 Å². The molecule has 3 aromatic rings. The minimum absolute atomic E-state index is 0.0457. The minimum atomic E-state index is -0.200. The van der Waals surface area contributed by atoms with Gasteiger partial charge in [0, 0.05) is 38.4 Å². The van der Waals surface area contributed by atoms with E-state index in [1.165, 1.54) is 0 Å². The van der Waals surface area contributed by atoms with Gasteiger partial charge in [-0.15, -0.1) is 0 Å². The Bertz CT molecular complexity index is 1130. The van der Waals surface area contributed by atoms with E-state index < -0.39 is 0 Å². The lowest BCUT2D eigenvalue weighted by molar-refractivity contribution is -0.117. The van der Waals surface area contributed by atoms with E-state index in [1.54, 1.807) is 41.5 Å². The van der Waals surface area contributed by atoms with Crippen molar-refractivity contribution in [2.75, 3.05) is 24.3 Å². The fourth-order valence-electron chi connectivity index (χ4n) is 3.71. The molecule has 0 aliphatic carbocycles. The number of benzene rings is 2. The second-order valence-electron chi connectivity index (χ2n) is 9.74. The van der Waals surface area contributed by atoms with Crippen molar-refractivity contribution >= 4 is 34.8 Å². The van der Waals surface area contributed by atoms with Gasteiger partial charge >= 0.3 is 0 Å². The summed E-state index contributed by atoms with van der Waals surface area (Å²) in [6, 6.07) is 16.4. The van der Waals surface area contributed by atoms with Gasteiger partial charge < -0.3 is 19.5 Å². The molecule has 0 unspecified atom stereocenters. The van der Waals surface area contributed by atoms with Crippen LogP contribution in [-0.4, -0.2) is 30.8 Å². The lowest BCUT2D eigenvalue weighted by Crippen LogP contribution is -2.31. The van der Waals surface area contributed by atoms with Crippen LogP contribution in [0, 0.1) is 5.41 Å². The molecule has 1 N–H and O–H groups in total. The third kappa shape index (κ3) is 6.87. The Kier molecular flexibility index (Phi) is 8.05. The van der Waals surface area contributed by atoms with Gasteiger partial charge in [-0.2, -0.15) is 0 Å². The highest BCUT2D eigenvalue weighted by atomic mass is 35.5. The maximum absolute atomic E-state index is 13.5. The number of amides is 2. The van der Waals surface area contributed by atoms with Crippen molar-refractivity contribution in [3.8, 4) is 0 Å². The van der Waals surface area contributed by atoms with Crippen LogP contribution in [0.2, 0.25) is 5.02 Å². The summed E-state index contributed by atoms with van der Waals surface area (Å²) in [5.74, 6) is 0.422. The van der Waals surface area contributed by atoms with E-state index in [4.69, 9.17) is 16.0 Å². The van der Waals surface area contributed by atoms with E-state index in [0.717, 1.165) is 11.3 Å². The van der Waals surface area contributed by atoms with Crippen molar-refractivity contribution in [1.29, 1.82) is 0 Å². The summed E-state index contributed by atoms with van der Waals surface area (Å²) >= 11 is 6.34. The molecular weight excluding hydrogens is 450 g/mol. The molecule has 0 radical (unpaired) electrons. The van der Waals surface area contributed by atoms with Crippen LogP contribution >= 0.6 is 11.6 Å². The number of hydrogen-bond acceptors (Lipinski definition) is 4. The van der Waals surface area contributed by atoms with Gasteiger partial charge in [0.15, 0.2) is 0 Å². The number of hydrogen-bond donors (Lipinski definition) is 1. The van der Waals surface area contributed by atoms with Crippen LogP contribution in [-0.2, 0) is 17.9 Å². The molecule has 0 saturated carbocycles. The van der Waals surface area contributed by atoms with E-state index in [9.17, 15) is 9.59 Å². The molecule has 0 fully saturated rings. The van der Waals surface area contributed by atoms with Crippen LogP contribution in [0.4, 0.5) is 11.4 Å². The van der Waals surface area contributed by atoms with Crippen molar-refractivity contribution in [1.82, 2.24) is 4.90 Å². The Morgan fingerprint density at radius 1 is 1.00 bits per heavy atom. The number of rotatable bonds is 8. The normalized spacial score (nSPS) is 11.2. The van der Waals surface area contributed by atoms with Crippen LogP contribution in [0.25, 0.3) is 0 Å². The van der Waals surface area contributed by atoms with Gasteiger partial charge in [-0.3, -0.25) is 9.59 Å². The van der Waals surface area contributed by atoms with Crippen LogP contribution in [0.5, 0.6) is 0 Å². The summed E-state index contributed by atoms with van der Waals surface area (Å²) in [6.07, 6.45) is 2.00. The highest BCUT2D eigenvalue weighted by Gasteiger charge is 2.22. The Balaban J connectivity index is 1.94. The molecular formula is C27H32ClN3O3. The third-order valence-electron chi connectivity index (χ3n) is 5.22. The molecule has 1 aromatic heterocycles.